The third-order valence-corrected chi connectivity index (χ3v) is 3.67. The highest BCUT2D eigenvalue weighted by atomic mass is 16.5. The van der Waals surface area contributed by atoms with Crippen molar-refractivity contribution in [3.8, 4) is 11.5 Å². The van der Waals surface area contributed by atoms with Crippen LogP contribution in [0.5, 0.6) is 11.5 Å². The average molecular weight is 306 g/mol. The topological polar surface area (TPSA) is 35.5 Å². The third kappa shape index (κ3) is 3.04. The Morgan fingerprint density at radius 2 is 1.91 bits per heavy atom. The highest BCUT2D eigenvalue weighted by Crippen LogP contribution is 2.38. The van der Waals surface area contributed by atoms with E-state index >= 15 is 0 Å². The van der Waals surface area contributed by atoms with Crippen molar-refractivity contribution in [1.29, 1.82) is 0 Å². The van der Waals surface area contributed by atoms with E-state index in [-0.39, 0.29) is 5.78 Å². The lowest BCUT2D eigenvalue weighted by Crippen LogP contribution is -1.97. The zero-order valence-corrected chi connectivity index (χ0v) is 13.2. The highest BCUT2D eigenvalue weighted by molar-refractivity contribution is 6.12. The summed E-state index contributed by atoms with van der Waals surface area (Å²) in [5.41, 5.74) is 2.51. The van der Waals surface area contributed by atoms with Gasteiger partial charge in [-0.25, -0.2) is 0 Å². The molecule has 1 heterocycles. The monoisotopic (exact) mass is 306 g/mol. The number of ketones is 1. The van der Waals surface area contributed by atoms with Gasteiger partial charge in [0.05, 0.1) is 12.2 Å². The molecule has 2 aromatic carbocycles. The van der Waals surface area contributed by atoms with Crippen molar-refractivity contribution in [2.24, 2.45) is 0 Å². The quantitative estimate of drug-likeness (QED) is 0.776. The maximum atomic E-state index is 12.4. The molecule has 3 heteroatoms. The van der Waals surface area contributed by atoms with Crippen molar-refractivity contribution in [3.05, 3.63) is 77.1 Å². The van der Waals surface area contributed by atoms with Gasteiger partial charge in [-0.1, -0.05) is 42.5 Å². The maximum absolute atomic E-state index is 12.4. The second-order valence-corrected chi connectivity index (χ2v) is 5.23. The predicted molar refractivity (Wildman–Crippen MR) is 90.9 cm³/mol. The fourth-order valence-corrected chi connectivity index (χ4v) is 2.51. The molecule has 0 saturated heterocycles. The molecule has 0 bridgehead atoms. The Morgan fingerprint density at radius 1 is 1.13 bits per heavy atom. The van der Waals surface area contributed by atoms with Crippen LogP contribution in [0.3, 0.4) is 0 Å². The van der Waals surface area contributed by atoms with Crippen LogP contribution in [0.2, 0.25) is 0 Å². The van der Waals surface area contributed by atoms with Gasteiger partial charge < -0.3 is 9.47 Å². The van der Waals surface area contributed by atoms with Crippen LogP contribution in [0.1, 0.15) is 28.4 Å². The largest absolute Gasteiger partial charge is 0.493 e. The van der Waals surface area contributed by atoms with Crippen molar-refractivity contribution in [1.82, 2.24) is 0 Å². The zero-order valence-electron chi connectivity index (χ0n) is 13.2. The molecular weight excluding hydrogens is 288 g/mol. The average Bonchev–Trinajstić information content (AvgIpc) is 2.89. The first kappa shape index (κ1) is 15.1. The minimum atomic E-state index is -0.0936. The number of carbonyl (C=O) groups is 1. The van der Waals surface area contributed by atoms with Gasteiger partial charge in [-0.15, -0.1) is 0 Å². The second kappa shape index (κ2) is 6.53. The molecule has 0 unspecified atom stereocenters. The number of hydrogen-bond acceptors (Lipinski definition) is 3. The van der Waals surface area contributed by atoms with Crippen molar-refractivity contribution in [3.63, 3.8) is 0 Å². The second-order valence-electron chi connectivity index (χ2n) is 5.23. The molecule has 3 rings (SSSR count). The number of fused-ring (bicyclic) bond motifs is 1. The molecule has 0 saturated carbocycles. The minimum absolute atomic E-state index is 0.0936. The molecule has 0 radical (unpaired) electrons. The van der Waals surface area contributed by atoms with Crippen molar-refractivity contribution >= 4 is 11.9 Å². The molecule has 0 fully saturated rings. The SMILES string of the molecule is CCOc1ccc2c(c1C)O/C(=C\C=C\c1ccccc1)C2=O. The Hall–Kier alpha value is -2.81. The molecule has 1 aliphatic rings. The first-order valence-corrected chi connectivity index (χ1v) is 7.63. The summed E-state index contributed by atoms with van der Waals surface area (Å²) < 4.78 is 11.3. The summed E-state index contributed by atoms with van der Waals surface area (Å²) >= 11 is 0. The van der Waals surface area contributed by atoms with Crippen LogP contribution >= 0.6 is 0 Å². The Morgan fingerprint density at radius 3 is 2.65 bits per heavy atom. The van der Waals surface area contributed by atoms with E-state index in [9.17, 15) is 4.79 Å². The Labute approximate surface area is 135 Å². The lowest BCUT2D eigenvalue weighted by molar-refractivity contribution is 0.101. The fraction of sp³-hybridized carbons (Fsp3) is 0.150. The number of hydrogen-bond donors (Lipinski definition) is 0. The summed E-state index contributed by atoms with van der Waals surface area (Å²) in [6.07, 6.45) is 5.47. The van der Waals surface area contributed by atoms with Gasteiger partial charge >= 0.3 is 0 Å². The Bertz CT molecular complexity index is 786. The predicted octanol–water partition coefficient (Wildman–Crippen LogP) is 4.57. The molecule has 0 aliphatic carbocycles. The minimum Gasteiger partial charge on any atom is -0.493 e. The summed E-state index contributed by atoms with van der Waals surface area (Å²) in [6.45, 7) is 4.41. The number of Topliss-reactive ketones (excluding diaryl/α,β-unsaturated/α-hetero) is 1. The van der Waals surface area contributed by atoms with Crippen LogP contribution in [0.25, 0.3) is 6.08 Å². The van der Waals surface area contributed by atoms with Gasteiger partial charge in [0, 0.05) is 5.56 Å². The van der Waals surface area contributed by atoms with Crippen LogP contribution in [-0.2, 0) is 0 Å². The summed E-state index contributed by atoms with van der Waals surface area (Å²) in [6, 6.07) is 13.5. The molecule has 0 aromatic heterocycles. The van der Waals surface area contributed by atoms with Gasteiger partial charge in [0.2, 0.25) is 5.78 Å². The third-order valence-electron chi connectivity index (χ3n) is 3.67. The molecule has 2 aromatic rings. The number of rotatable bonds is 4. The van der Waals surface area contributed by atoms with Crippen LogP contribution in [0.15, 0.2) is 60.4 Å². The lowest BCUT2D eigenvalue weighted by Gasteiger charge is -2.09. The molecule has 0 spiro atoms. The van der Waals surface area contributed by atoms with Gasteiger partial charge in [0.1, 0.15) is 11.5 Å². The summed E-state index contributed by atoms with van der Waals surface area (Å²) in [5.74, 6) is 1.59. The van der Waals surface area contributed by atoms with Gasteiger partial charge in [-0.2, -0.15) is 0 Å². The number of carbonyl (C=O) groups excluding carboxylic acids is 1. The number of ether oxygens (including phenoxy) is 2. The molecule has 1 aliphatic heterocycles. The van der Waals surface area contributed by atoms with Gasteiger partial charge in [-0.3, -0.25) is 4.79 Å². The zero-order chi connectivity index (χ0) is 16.2. The normalized spacial score (nSPS) is 15.0. The highest BCUT2D eigenvalue weighted by Gasteiger charge is 2.29. The summed E-state index contributed by atoms with van der Waals surface area (Å²) in [7, 11) is 0. The van der Waals surface area contributed by atoms with E-state index in [1.807, 2.05) is 62.4 Å². The molecule has 0 N–H and O–H groups in total. The molecule has 23 heavy (non-hydrogen) atoms. The van der Waals surface area contributed by atoms with E-state index in [1.54, 1.807) is 12.1 Å². The number of allylic oxidation sites excluding steroid dienone is 3. The molecule has 0 amide bonds. The van der Waals surface area contributed by atoms with Crippen LogP contribution in [0.4, 0.5) is 0 Å². The molecular formula is C20H18O3. The van der Waals surface area contributed by atoms with Gasteiger partial charge in [-0.05, 0) is 37.6 Å². The molecule has 116 valence electrons. The van der Waals surface area contributed by atoms with Crippen LogP contribution in [-0.4, -0.2) is 12.4 Å². The summed E-state index contributed by atoms with van der Waals surface area (Å²) in [4.78, 5) is 12.4. The van der Waals surface area contributed by atoms with Gasteiger partial charge in [0.15, 0.2) is 5.76 Å². The Balaban J connectivity index is 1.84. The van der Waals surface area contributed by atoms with Crippen LogP contribution < -0.4 is 9.47 Å². The number of benzene rings is 2. The molecule has 3 nitrogen and oxygen atoms in total. The van der Waals surface area contributed by atoms with E-state index < -0.39 is 0 Å². The lowest BCUT2D eigenvalue weighted by atomic mass is 10.1. The van der Waals surface area contributed by atoms with Crippen molar-refractivity contribution in [2.45, 2.75) is 13.8 Å². The van der Waals surface area contributed by atoms with E-state index in [4.69, 9.17) is 9.47 Å². The maximum Gasteiger partial charge on any atom is 0.231 e. The Kier molecular flexibility index (Phi) is 4.29. The van der Waals surface area contributed by atoms with E-state index in [0.717, 1.165) is 16.9 Å². The fourth-order valence-electron chi connectivity index (χ4n) is 2.51. The first-order valence-electron chi connectivity index (χ1n) is 7.63. The van der Waals surface area contributed by atoms with Crippen molar-refractivity contribution < 1.29 is 14.3 Å². The standard InChI is InChI=1S/C20H18O3/c1-3-22-17-13-12-16-19(21)18(23-20(16)14(17)2)11-7-10-15-8-5-4-6-9-15/h4-13H,3H2,1-2H3/b10-7+,18-11-. The summed E-state index contributed by atoms with van der Waals surface area (Å²) in [5, 5.41) is 0. The van der Waals surface area contributed by atoms with Gasteiger partial charge in [0.25, 0.3) is 0 Å². The smallest absolute Gasteiger partial charge is 0.231 e. The van der Waals surface area contributed by atoms with E-state index in [1.165, 1.54) is 0 Å². The van der Waals surface area contributed by atoms with Crippen molar-refractivity contribution in [2.75, 3.05) is 6.61 Å². The molecule has 0 atom stereocenters. The van der Waals surface area contributed by atoms with Crippen LogP contribution in [0, 0.1) is 6.92 Å². The van der Waals surface area contributed by atoms with E-state index in [2.05, 4.69) is 0 Å². The van der Waals surface area contributed by atoms with E-state index in [0.29, 0.717) is 23.7 Å². The first-order chi connectivity index (χ1) is 11.2.